The summed E-state index contributed by atoms with van der Waals surface area (Å²) in [5.41, 5.74) is 0.967. The standard InChI is InChI=1S/C22H17F2N3O4S2/c23-16-4-1-14(2-5-16)19-13-32-22(26-19)17(12-25)21(28)15-3-6-18(24)20(11-15)33(29,30)27-7-9-31-10-8-27/h1-6,11,13,17H,7-10H2. The Hall–Kier alpha value is -3.04. The summed E-state index contributed by atoms with van der Waals surface area (Å²) < 4.78 is 59.7. The van der Waals surface area contributed by atoms with Gasteiger partial charge < -0.3 is 4.74 Å². The Bertz CT molecular complexity index is 1330. The van der Waals surface area contributed by atoms with Crippen LogP contribution in [0.2, 0.25) is 0 Å². The van der Waals surface area contributed by atoms with Gasteiger partial charge in [0.25, 0.3) is 0 Å². The number of hydrogen-bond donors (Lipinski definition) is 0. The van der Waals surface area contributed by atoms with E-state index in [4.69, 9.17) is 4.74 Å². The van der Waals surface area contributed by atoms with Gasteiger partial charge in [0.15, 0.2) is 11.7 Å². The second-order valence-electron chi connectivity index (χ2n) is 7.17. The maximum atomic E-state index is 14.5. The van der Waals surface area contributed by atoms with E-state index in [1.165, 1.54) is 24.3 Å². The monoisotopic (exact) mass is 489 g/mol. The Morgan fingerprint density at radius 3 is 2.52 bits per heavy atom. The van der Waals surface area contributed by atoms with Crippen molar-refractivity contribution in [3.8, 4) is 17.3 Å². The molecule has 3 aromatic rings. The van der Waals surface area contributed by atoms with Crippen LogP contribution >= 0.6 is 11.3 Å². The van der Waals surface area contributed by atoms with E-state index in [-0.39, 0.29) is 36.9 Å². The highest BCUT2D eigenvalue weighted by molar-refractivity contribution is 7.89. The van der Waals surface area contributed by atoms with Gasteiger partial charge in [0, 0.05) is 29.6 Å². The van der Waals surface area contributed by atoms with Crippen molar-refractivity contribution < 1.29 is 26.7 Å². The number of Topliss-reactive ketones (excluding diaryl/α,β-unsaturated/α-hetero) is 1. The molecular formula is C22H17F2N3O4S2. The van der Waals surface area contributed by atoms with Crippen LogP contribution in [0.25, 0.3) is 11.3 Å². The first-order chi connectivity index (χ1) is 15.8. The Labute approximate surface area is 192 Å². The maximum absolute atomic E-state index is 14.5. The van der Waals surface area contributed by atoms with Crippen molar-refractivity contribution in [2.24, 2.45) is 0 Å². The highest BCUT2D eigenvalue weighted by atomic mass is 32.2. The number of thiazole rings is 1. The van der Waals surface area contributed by atoms with E-state index in [2.05, 4.69) is 4.98 Å². The van der Waals surface area contributed by atoms with E-state index in [9.17, 15) is 27.3 Å². The van der Waals surface area contributed by atoms with Gasteiger partial charge in [-0.3, -0.25) is 4.79 Å². The normalized spacial score (nSPS) is 15.7. The highest BCUT2D eigenvalue weighted by Crippen LogP contribution is 2.30. The van der Waals surface area contributed by atoms with E-state index in [1.54, 1.807) is 5.38 Å². The van der Waals surface area contributed by atoms with Crippen LogP contribution in [-0.2, 0) is 14.8 Å². The predicted octanol–water partition coefficient (Wildman–Crippen LogP) is 3.60. The molecule has 0 radical (unpaired) electrons. The minimum atomic E-state index is -4.18. The van der Waals surface area contributed by atoms with Gasteiger partial charge in [-0.1, -0.05) is 0 Å². The van der Waals surface area contributed by atoms with Crippen LogP contribution in [-0.4, -0.2) is 49.8 Å². The number of hydrogen-bond acceptors (Lipinski definition) is 7. The van der Waals surface area contributed by atoms with E-state index >= 15 is 0 Å². The average Bonchev–Trinajstić information content (AvgIpc) is 3.30. The lowest BCUT2D eigenvalue weighted by Gasteiger charge is -2.26. The van der Waals surface area contributed by atoms with E-state index in [1.807, 2.05) is 6.07 Å². The Morgan fingerprint density at radius 1 is 1.15 bits per heavy atom. The molecule has 4 rings (SSSR count). The van der Waals surface area contributed by atoms with Gasteiger partial charge >= 0.3 is 0 Å². The largest absolute Gasteiger partial charge is 0.379 e. The van der Waals surface area contributed by atoms with Crippen LogP contribution in [0.15, 0.2) is 52.7 Å². The number of sulfonamides is 1. The number of nitrogens with zero attached hydrogens (tertiary/aromatic N) is 3. The Balaban J connectivity index is 1.64. The van der Waals surface area contributed by atoms with Gasteiger partial charge in [-0.15, -0.1) is 11.3 Å². The number of ketones is 1. The first-order valence-electron chi connectivity index (χ1n) is 9.84. The first kappa shape index (κ1) is 23.1. The molecule has 0 aliphatic carbocycles. The molecule has 0 spiro atoms. The van der Waals surface area contributed by atoms with Crippen LogP contribution in [0.3, 0.4) is 0 Å². The van der Waals surface area contributed by atoms with Gasteiger partial charge in [0.2, 0.25) is 10.0 Å². The fraction of sp³-hybridized carbons (Fsp3) is 0.227. The third-order valence-electron chi connectivity index (χ3n) is 5.10. The summed E-state index contributed by atoms with van der Waals surface area (Å²) in [4.78, 5) is 16.8. The third kappa shape index (κ3) is 4.69. The number of halogens is 2. The smallest absolute Gasteiger partial charge is 0.246 e. The molecule has 7 nitrogen and oxygen atoms in total. The molecule has 1 fully saturated rings. The number of nitriles is 1. The summed E-state index contributed by atoms with van der Waals surface area (Å²) in [6.45, 7) is 0.533. The molecule has 170 valence electrons. The van der Waals surface area contributed by atoms with Gasteiger partial charge in [0.05, 0.1) is 25.0 Å². The lowest BCUT2D eigenvalue weighted by molar-refractivity contribution is 0.0729. The number of benzene rings is 2. The second-order valence-corrected chi connectivity index (χ2v) is 9.96. The molecule has 1 atom stereocenters. The first-order valence-corrected chi connectivity index (χ1v) is 12.2. The van der Waals surface area contributed by atoms with Gasteiger partial charge in [-0.05, 0) is 42.5 Å². The van der Waals surface area contributed by atoms with E-state index in [0.717, 1.165) is 33.8 Å². The van der Waals surface area contributed by atoms with Crippen molar-refractivity contribution in [1.29, 1.82) is 5.26 Å². The zero-order valence-electron chi connectivity index (χ0n) is 17.1. The lowest BCUT2D eigenvalue weighted by Crippen LogP contribution is -2.41. The van der Waals surface area contributed by atoms with Crippen LogP contribution in [0.5, 0.6) is 0 Å². The van der Waals surface area contributed by atoms with E-state index < -0.39 is 38.3 Å². The van der Waals surface area contributed by atoms with Crippen LogP contribution in [0, 0.1) is 23.0 Å². The minimum absolute atomic E-state index is 0.0754. The van der Waals surface area contributed by atoms with Crippen LogP contribution in [0.4, 0.5) is 8.78 Å². The summed E-state index contributed by atoms with van der Waals surface area (Å²) in [7, 11) is -4.18. The molecule has 2 aromatic carbocycles. The third-order valence-corrected chi connectivity index (χ3v) is 7.93. The zero-order chi connectivity index (χ0) is 23.6. The van der Waals surface area contributed by atoms with E-state index in [0.29, 0.717) is 11.3 Å². The molecule has 0 saturated carbocycles. The number of carbonyl (C=O) groups is 1. The zero-order valence-corrected chi connectivity index (χ0v) is 18.7. The summed E-state index contributed by atoms with van der Waals surface area (Å²) in [5, 5.41) is 11.5. The molecular weight excluding hydrogens is 472 g/mol. The number of aromatic nitrogens is 1. The van der Waals surface area contributed by atoms with Gasteiger partial charge in [0.1, 0.15) is 21.5 Å². The Kier molecular flexibility index (Phi) is 6.62. The molecule has 0 bridgehead atoms. The van der Waals surface area contributed by atoms with Crippen LogP contribution in [0.1, 0.15) is 21.3 Å². The number of ether oxygens (including phenoxy) is 1. The summed E-state index contributed by atoms with van der Waals surface area (Å²) in [5.74, 6) is -3.40. The number of rotatable bonds is 6. The number of carbonyl (C=O) groups excluding carboxylic acids is 1. The molecule has 0 N–H and O–H groups in total. The molecule has 1 aromatic heterocycles. The van der Waals surface area contributed by atoms with Crippen molar-refractivity contribution in [2.75, 3.05) is 26.3 Å². The van der Waals surface area contributed by atoms with Crippen molar-refractivity contribution in [3.63, 3.8) is 0 Å². The second kappa shape index (κ2) is 9.44. The summed E-state index contributed by atoms with van der Waals surface area (Å²) in [6.07, 6.45) is 0. The fourth-order valence-electron chi connectivity index (χ4n) is 3.35. The molecule has 1 aliphatic heterocycles. The quantitative estimate of drug-likeness (QED) is 0.491. The fourth-order valence-corrected chi connectivity index (χ4v) is 5.71. The topological polar surface area (TPSA) is 100 Å². The minimum Gasteiger partial charge on any atom is -0.379 e. The molecule has 33 heavy (non-hydrogen) atoms. The molecule has 11 heteroatoms. The summed E-state index contributed by atoms with van der Waals surface area (Å²) >= 11 is 1.08. The summed E-state index contributed by atoms with van der Waals surface area (Å²) in [6, 6.07) is 10.5. The van der Waals surface area contributed by atoms with Crippen molar-refractivity contribution in [1.82, 2.24) is 9.29 Å². The molecule has 0 amide bonds. The lowest BCUT2D eigenvalue weighted by atomic mass is 9.99. The predicted molar refractivity (Wildman–Crippen MR) is 116 cm³/mol. The van der Waals surface area contributed by atoms with Crippen molar-refractivity contribution >= 4 is 27.1 Å². The van der Waals surface area contributed by atoms with Gasteiger partial charge in [-0.25, -0.2) is 22.2 Å². The van der Waals surface area contributed by atoms with Crippen molar-refractivity contribution in [3.05, 3.63) is 70.1 Å². The SMILES string of the molecule is N#CC(C(=O)c1ccc(F)c(S(=O)(=O)N2CCOCC2)c1)c1nc(-c2ccc(F)cc2)cs1. The Morgan fingerprint density at radius 2 is 1.85 bits per heavy atom. The van der Waals surface area contributed by atoms with Crippen LogP contribution < -0.4 is 0 Å². The van der Waals surface area contributed by atoms with Gasteiger partial charge in [-0.2, -0.15) is 9.57 Å². The maximum Gasteiger partial charge on any atom is 0.246 e. The molecule has 2 heterocycles. The number of morpholine rings is 1. The highest BCUT2D eigenvalue weighted by Gasteiger charge is 2.31. The average molecular weight is 490 g/mol. The molecule has 1 aliphatic rings. The van der Waals surface area contributed by atoms with Crippen molar-refractivity contribution in [2.45, 2.75) is 10.8 Å². The molecule has 1 unspecified atom stereocenters. The molecule has 1 saturated heterocycles.